The molecular weight excluding hydrogens is 469 g/mol. The lowest BCUT2D eigenvalue weighted by atomic mass is 9.96. The fourth-order valence-electron chi connectivity index (χ4n) is 4.03. The number of halogens is 1. The topological polar surface area (TPSA) is 67.4 Å². The van der Waals surface area contributed by atoms with Crippen molar-refractivity contribution >= 4 is 28.7 Å². The van der Waals surface area contributed by atoms with Crippen LogP contribution in [0, 0.1) is 3.57 Å². The van der Waals surface area contributed by atoms with Gasteiger partial charge in [-0.25, -0.2) is 9.78 Å². The summed E-state index contributed by atoms with van der Waals surface area (Å²) in [7, 11) is 0. The molecule has 0 aliphatic carbocycles. The SMILES string of the molecule is CC(C)(C)OC(=O)N1C[C@]2(CCCO2)C[C@H]1c1ncc(-c2ccc(I)cc2)[nH]1. The molecule has 6 nitrogen and oxygen atoms in total. The second-order valence-electron chi connectivity index (χ2n) is 8.65. The highest BCUT2D eigenvalue weighted by molar-refractivity contribution is 14.1. The predicted octanol–water partition coefficient (Wildman–Crippen LogP) is 4.91. The lowest BCUT2D eigenvalue weighted by Crippen LogP contribution is -2.39. The van der Waals surface area contributed by atoms with Crippen LogP contribution in [0.2, 0.25) is 0 Å². The van der Waals surface area contributed by atoms with Crippen molar-refractivity contribution < 1.29 is 14.3 Å². The Morgan fingerprint density at radius 2 is 2.11 bits per heavy atom. The first-order chi connectivity index (χ1) is 13.2. The molecular formula is C21H26IN3O3. The third-order valence-electron chi connectivity index (χ3n) is 5.28. The lowest BCUT2D eigenvalue weighted by molar-refractivity contribution is -0.0000130. The Balaban J connectivity index is 1.61. The molecule has 1 aromatic heterocycles. The molecule has 3 heterocycles. The third-order valence-corrected chi connectivity index (χ3v) is 6.00. The number of nitrogens with zero attached hydrogens (tertiary/aromatic N) is 2. The van der Waals surface area contributed by atoms with Gasteiger partial charge in [0.05, 0.1) is 30.1 Å². The van der Waals surface area contributed by atoms with E-state index in [4.69, 9.17) is 9.47 Å². The summed E-state index contributed by atoms with van der Waals surface area (Å²) in [6.07, 6.45) is 4.27. The van der Waals surface area contributed by atoms with Crippen molar-refractivity contribution in [3.63, 3.8) is 0 Å². The van der Waals surface area contributed by atoms with Gasteiger partial charge in [0, 0.05) is 16.6 Å². The Kier molecular flexibility index (Phi) is 5.16. The molecule has 2 fully saturated rings. The molecule has 2 atom stereocenters. The van der Waals surface area contributed by atoms with Gasteiger partial charge in [-0.1, -0.05) is 12.1 Å². The average Bonchev–Trinajstić information content (AvgIpc) is 3.35. The van der Waals surface area contributed by atoms with Gasteiger partial charge in [0.2, 0.25) is 0 Å². The van der Waals surface area contributed by atoms with E-state index in [1.807, 2.05) is 27.0 Å². The predicted molar refractivity (Wildman–Crippen MR) is 115 cm³/mol. The number of H-pyrrole nitrogens is 1. The number of nitrogens with one attached hydrogen (secondary N) is 1. The minimum Gasteiger partial charge on any atom is -0.444 e. The highest BCUT2D eigenvalue weighted by atomic mass is 127. The van der Waals surface area contributed by atoms with Crippen LogP contribution in [0.4, 0.5) is 4.79 Å². The standard InChI is InChI=1S/C21H26IN3O3/c1-20(2,3)28-19(26)25-13-21(9-4-10-27-21)11-17(25)18-23-12-16(24-18)14-5-7-15(22)8-6-14/h5-8,12,17H,4,9-11,13H2,1-3H3,(H,23,24)/t17-,21-/m0/s1. The number of aromatic amines is 1. The number of imidazole rings is 1. The summed E-state index contributed by atoms with van der Waals surface area (Å²) in [5.41, 5.74) is 1.21. The molecule has 4 rings (SSSR count). The van der Waals surface area contributed by atoms with E-state index in [-0.39, 0.29) is 17.7 Å². The molecule has 0 bridgehead atoms. The molecule has 2 aromatic rings. The average molecular weight is 495 g/mol. The van der Waals surface area contributed by atoms with Gasteiger partial charge in [-0.2, -0.15) is 0 Å². The van der Waals surface area contributed by atoms with Gasteiger partial charge in [-0.05, 0) is 73.9 Å². The zero-order valence-corrected chi connectivity index (χ0v) is 18.7. The molecule has 0 radical (unpaired) electrons. The zero-order chi connectivity index (χ0) is 19.9. The van der Waals surface area contributed by atoms with E-state index in [2.05, 4.69) is 56.8 Å². The molecule has 1 aromatic carbocycles. The van der Waals surface area contributed by atoms with E-state index in [9.17, 15) is 4.79 Å². The lowest BCUT2D eigenvalue weighted by Gasteiger charge is -2.28. The molecule has 1 spiro atoms. The van der Waals surface area contributed by atoms with Crippen molar-refractivity contribution in [2.45, 2.75) is 57.3 Å². The van der Waals surface area contributed by atoms with Crippen LogP contribution in [-0.2, 0) is 9.47 Å². The van der Waals surface area contributed by atoms with Crippen molar-refractivity contribution in [2.75, 3.05) is 13.2 Å². The molecule has 0 unspecified atom stereocenters. The summed E-state index contributed by atoms with van der Waals surface area (Å²) < 4.78 is 12.9. The van der Waals surface area contributed by atoms with Gasteiger partial charge in [-0.3, -0.25) is 4.90 Å². The van der Waals surface area contributed by atoms with Crippen LogP contribution in [0.15, 0.2) is 30.5 Å². The number of rotatable bonds is 2. The summed E-state index contributed by atoms with van der Waals surface area (Å²) in [4.78, 5) is 22.7. The normalized spacial score (nSPS) is 24.9. The van der Waals surface area contributed by atoms with Crippen LogP contribution in [0.1, 0.15) is 51.9 Å². The molecule has 0 saturated carbocycles. The Morgan fingerprint density at radius 3 is 2.75 bits per heavy atom. The van der Waals surface area contributed by atoms with Crippen LogP contribution < -0.4 is 0 Å². The van der Waals surface area contributed by atoms with Gasteiger partial charge >= 0.3 is 6.09 Å². The number of hydrogen-bond acceptors (Lipinski definition) is 4. The maximum Gasteiger partial charge on any atom is 0.411 e. The summed E-state index contributed by atoms with van der Waals surface area (Å²) in [5.74, 6) is 0.784. The van der Waals surface area contributed by atoms with Gasteiger partial charge in [0.25, 0.3) is 0 Å². The number of amides is 1. The van der Waals surface area contributed by atoms with Crippen molar-refractivity contribution in [3.05, 3.63) is 39.9 Å². The van der Waals surface area contributed by atoms with Crippen LogP contribution in [-0.4, -0.2) is 45.3 Å². The zero-order valence-electron chi connectivity index (χ0n) is 16.5. The van der Waals surface area contributed by atoms with Gasteiger partial charge in [0.1, 0.15) is 11.4 Å². The quantitative estimate of drug-likeness (QED) is 0.602. The molecule has 150 valence electrons. The summed E-state index contributed by atoms with van der Waals surface area (Å²) in [6, 6.07) is 8.10. The Bertz CT molecular complexity index is 851. The summed E-state index contributed by atoms with van der Waals surface area (Å²) >= 11 is 2.29. The molecule has 1 amide bonds. The maximum atomic E-state index is 12.9. The van der Waals surface area contributed by atoms with Gasteiger partial charge < -0.3 is 14.5 Å². The fourth-order valence-corrected chi connectivity index (χ4v) is 4.39. The summed E-state index contributed by atoms with van der Waals surface area (Å²) in [5, 5.41) is 0. The highest BCUT2D eigenvalue weighted by Crippen LogP contribution is 2.45. The van der Waals surface area contributed by atoms with Crippen molar-refractivity contribution in [2.24, 2.45) is 0 Å². The van der Waals surface area contributed by atoms with Crippen LogP contribution in [0.25, 0.3) is 11.3 Å². The molecule has 2 aliphatic rings. The van der Waals surface area contributed by atoms with Crippen LogP contribution in [0.5, 0.6) is 0 Å². The molecule has 2 saturated heterocycles. The second-order valence-corrected chi connectivity index (χ2v) is 9.90. The minimum absolute atomic E-state index is 0.175. The number of aromatic nitrogens is 2. The van der Waals surface area contributed by atoms with E-state index < -0.39 is 5.60 Å². The van der Waals surface area contributed by atoms with E-state index in [0.717, 1.165) is 43.0 Å². The van der Waals surface area contributed by atoms with Crippen LogP contribution in [0.3, 0.4) is 0 Å². The fraction of sp³-hybridized carbons (Fsp3) is 0.524. The minimum atomic E-state index is -0.538. The first-order valence-corrected chi connectivity index (χ1v) is 10.8. The number of carbonyl (C=O) groups excluding carboxylic acids is 1. The monoisotopic (exact) mass is 495 g/mol. The first-order valence-electron chi connectivity index (χ1n) is 9.69. The molecule has 7 heteroatoms. The van der Waals surface area contributed by atoms with Crippen molar-refractivity contribution in [1.82, 2.24) is 14.9 Å². The number of ether oxygens (including phenoxy) is 2. The van der Waals surface area contributed by atoms with E-state index in [0.29, 0.717) is 6.54 Å². The third kappa shape index (κ3) is 4.05. The Labute approximate surface area is 179 Å². The summed E-state index contributed by atoms with van der Waals surface area (Å²) in [6.45, 7) is 6.96. The molecule has 2 aliphatic heterocycles. The van der Waals surface area contributed by atoms with Gasteiger partial charge in [0.15, 0.2) is 0 Å². The van der Waals surface area contributed by atoms with E-state index >= 15 is 0 Å². The van der Waals surface area contributed by atoms with Crippen molar-refractivity contribution in [3.8, 4) is 11.3 Å². The number of hydrogen-bond donors (Lipinski definition) is 1. The largest absolute Gasteiger partial charge is 0.444 e. The first kappa shape index (κ1) is 19.7. The molecule has 1 N–H and O–H groups in total. The van der Waals surface area contributed by atoms with Crippen LogP contribution >= 0.6 is 22.6 Å². The van der Waals surface area contributed by atoms with E-state index in [1.54, 1.807) is 4.90 Å². The highest BCUT2D eigenvalue weighted by Gasteiger charge is 2.51. The second kappa shape index (κ2) is 7.33. The van der Waals surface area contributed by atoms with E-state index in [1.165, 1.54) is 3.57 Å². The van der Waals surface area contributed by atoms with Crippen molar-refractivity contribution in [1.29, 1.82) is 0 Å². The Hall–Kier alpha value is -1.61. The molecule has 28 heavy (non-hydrogen) atoms. The maximum absolute atomic E-state index is 12.9. The smallest absolute Gasteiger partial charge is 0.411 e. The van der Waals surface area contributed by atoms with Gasteiger partial charge in [-0.15, -0.1) is 0 Å². The Morgan fingerprint density at radius 1 is 1.36 bits per heavy atom. The number of likely N-dealkylation sites (tertiary alicyclic amines) is 1. The number of carbonyl (C=O) groups is 1. The number of benzene rings is 1.